The van der Waals surface area contributed by atoms with Crippen LogP contribution in [0.1, 0.15) is 30.9 Å². The van der Waals surface area contributed by atoms with E-state index in [2.05, 4.69) is 0 Å². The Kier molecular flexibility index (Phi) is 8.07. The third-order valence-electron chi connectivity index (χ3n) is 6.79. The lowest BCUT2D eigenvalue weighted by Gasteiger charge is -2.33. The smallest absolute Gasteiger partial charge is 0.339 e. The Balaban J connectivity index is 1.47. The van der Waals surface area contributed by atoms with Gasteiger partial charge in [-0.3, -0.25) is 15.7 Å². The van der Waals surface area contributed by atoms with Crippen LogP contribution in [0, 0.1) is 10.8 Å². The van der Waals surface area contributed by atoms with E-state index in [1.807, 2.05) is 11.0 Å². The first kappa shape index (κ1) is 27.9. The molecule has 0 aliphatic carbocycles. The second-order valence-electron chi connectivity index (χ2n) is 9.59. The van der Waals surface area contributed by atoms with Gasteiger partial charge in [0.1, 0.15) is 17.7 Å². The number of carbonyl (C=O) groups excluding carboxylic acids is 1. The van der Waals surface area contributed by atoms with Crippen molar-refractivity contribution in [3.63, 3.8) is 0 Å². The largest absolute Gasteiger partial charge is 0.490 e. The Hall–Kier alpha value is -4.16. The van der Waals surface area contributed by atoms with Gasteiger partial charge in [-0.1, -0.05) is 24.3 Å². The van der Waals surface area contributed by atoms with Gasteiger partial charge in [-0.05, 0) is 59.7 Å². The lowest BCUT2D eigenvalue weighted by molar-refractivity contribution is 0.130. The maximum absolute atomic E-state index is 13.3. The minimum Gasteiger partial charge on any atom is -0.490 e. The maximum Gasteiger partial charge on any atom is 0.339 e. The summed E-state index contributed by atoms with van der Waals surface area (Å²) < 4.78 is 31.6. The van der Waals surface area contributed by atoms with Crippen molar-refractivity contribution in [3.8, 4) is 5.75 Å². The molecule has 6 N–H and O–H groups in total. The molecule has 206 valence electrons. The van der Waals surface area contributed by atoms with E-state index in [9.17, 15) is 13.2 Å². The van der Waals surface area contributed by atoms with Gasteiger partial charge in [0.15, 0.2) is 0 Å². The van der Waals surface area contributed by atoms with Gasteiger partial charge in [0, 0.05) is 44.2 Å². The molecule has 0 saturated carbocycles. The van der Waals surface area contributed by atoms with E-state index in [0.717, 1.165) is 36.7 Å². The van der Waals surface area contributed by atoms with Crippen LogP contribution in [0.15, 0.2) is 60.7 Å². The molecule has 0 atom stereocenters. The molecule has 0 unspecified atom stereocenters. The van der Waals surface area contributed by atoms with Crippen molar-refractivity contribution in [1.82, 2.24) is 9.21 Å². The molecule has 0 bridgehead atoms. The summed E-state index contributed by atoms with van der Waals surface area (Å²) in [4.78, 5) is 16.5. The first-order chi connectivity index (χ1) is 18.4. The van der Waals surface area contributed by atoms with E-state index in [1.165, 1.54) is 11.9 Å². The Morgan fingerprint density at radius 3 is 2.26 bits per heavy atom. The second kappa shape index (κ2) is 11.3. The third-order valence-corrected chi connectivity index (χ3v) is 7.69. The van der Waals surface area contributed by atoms with E-state index >= 15 is 0 Å². The molecule has 1 saturated heterocycles. The second-order valence-corrected chi connectivity index (χ2v) is 11.1. The molecule has 39 heavy (non-hydrogen) atoms. The molecule has 1 fully saturated rings. The van der Waals surface area contributed by atoms with Crippen LogP contribution in [0.5, 0.6) is 5.75 Å². The van der Waals surface area contributed by atoms with Crippen LogP contribution >= 0.6 is 0 Å². The number of nitrogens with two attached hydrogens (primary N) is 2. The number of carbonyl (C=O) groups is 1. The van der Waals surface area contributed by atoms with E-state index in [-0.39, 0.29) is 18.5 Å². The van der Waals surface area contributed by atoms with E-state index in [1.54, 1.807) is 61.5 Å². The van der Waals surface area contributed by atoms with Gasteiger partial charge in [0.2, 0.25) is 0 Å². The number of ether oxygens (including phenoxy) is 1. The molecule has 3 aromatic rings. The number of likely N-dealkylation sites (tertiary alicyclic amines) is 1. The summed E-state index contributed by atoms with van der Waals surface area (Å²) in [6, 6.07) is 16.6. The fourth-order valence-corrected chi connectivity index (χ4v) is 5.19. The molecular formula is C27H33N7O4S. The molecule has 3 aromatic carbocycles. The first-order valence-electron chi connectivity index (χ1n) is 12.4. The number of benzene rings is 3. The van der Waals surface area contributed by atoms with Crippen LogP contribution in [-0.2, 0) is 16.8 Å². The minimum atomic E-state index is -4.38. The number of amidine groups is 2. The predicted molar refractivity (Wildman–Crippen MR) is 152 cm³/mol. The molecule has 0 spiro atoms. The van der Waals surface area contributed by atoms with Gasteiger partial charge in [0.05, 0.1) is 12.4 Å². The van der Waals surface area contributed by atoms with Crippen molar-refractivity contribution in [3.05, 3.63) is 71.8 Å². The van der Waals surface area contributed by atoms with Gasteiger partial charge in [0.25, 0.3) is 0 Å². The van der Waals surface area contributed by atoms with Gasteiger partial charge in [-0.15, -0.1) is 0 Å². The van der Waals surface area contributed by atoms with Crippen molar-refractivity contribution in [1.29, 1.82) is 10.8 Å². The molecule has 1 aliphatic rings. The maximum atomic E-state index is 13.3. The summed E-state index contributed by atoms with van der Waals surface area (Å²) in [6.07, 6.45) is 1.66. The fraction of sp³-hybridized carbons (Fsp3) is 0.296. The molecule has 1 aliphatic heterocycles. The predicted octanol–water partition coefficient (Wildman–Crippen LogP) is 3.23. The highest BCUT2D eigenvalue weighted by Gasteiger charge is 2.28. The van der Waals surface area contributed by atoms with Crippen molar-refractivity contribution in [2.75, 3.05) is 25.0 Å². The van der Waals surface area contributed by atoms with Gasteiger partial charge < -0.3 is 15.4 Å². The Morgan fingerprint density at radius 2 is 1.67 bits per heavy atom. The van der Waals surface area contributed by atoms with E-state index in [4.69, 9.17) is 26.4 Å². The SMILES string of the molecule is CC(=N)N1CCC(Oc2ccc(N(C)C(=O)N(Cc3ccc4ccc(C(=N)N)cc4c3)S(N)(=O)=O)cc2)CC1. The molecule has 11 nitrogen and oxygen atoms in total. The number of nitrogens with zero attached hydrogens (tertiary/aromatic N) is 3. The van der Waals surface area contributed by atoms with Crippen LogP contribution in [-0.4, -0.2) is 61.6 Å². The zero-order valence-corrected chi connectivity index (χ0v) is 22.7. The highest BCUT2D eigenvalue weighted by Crippen LogP contribution is 2.25. The highest BCUT2D eigenvalue weighted by atomic mass is 32.2. The topological polar surface area (TPSA) is 170 Å². The fourth-order valence-electron chi connectivity index (χ4n) is 4.52. The molecule has 4 rings (SSSR count). The minimum absolute atomic E-state index is 0.0390. The summed E-state index contributed by atoms with van der Waals surface area (Å²) in [5.41, 5.74) is 7.15. The number of fused-ring (bicyclic) bond motifs is 1. The quantitative estimate of drug-likeness (QED) is 0.259. The summed E-state index contributed by atoms with van der Waals surface area (Å²) >= 11 is 0. The van der Waals surface area contributed by atoms with Gasteiger partial charge in [-0.25, -0.2) is 14.2 Å². The molecule has 1 heterocycles. The number of nitrogens with one attached hydrogen (secondary N) is 2. The lowest BCUT2D eigenvalue weighted by Crippen LogP contribution is -2.47. The lowest BCUT2D eigenvalue weighted by atomic mass is 10.0. The van der Waals surface area contributed by atoms with Crippen molar-refractivity contribution in [2.45, 2.75) is 32.4 Å². The van der Waals surface area contributed by atoms with Crippen molar-refractivity contribution >= 4 is 44.4 Å². The number of anilines is 1. The van der Waals surface area contributed by atoms with Crippen LogP contribution in [0.2, 0.25) is 0 Å². The molecule has 0 aromatic heterocycles. The first-order valence-corrected chi connectivity index (χ1v) is 13.9. The summed E-state index contributed by atoms with van der Waals surface area (Å²) in [5.74, 6) is 1.13. The summed E-state index contributed by atoms with van der Waals surface area (Å²) in [6.45, 7) is 3.06. The standard InChI is InChI=1S/C27H33N7O4S/c1-18(28)33-13-11-25(12-14-33)38-24-9-7-23(8-10-24)32(2)27(35)34(39(31,36)37)17-19-3-4-20-5-6-21(26(29)30)16-22(20)15-19/h3-10,15-16,25,28H,11-14,17H2,1-2H3,(H3,29,30)(H2,31,36,37). The summed E-state index contributed by atoms with van der Waals surface area (Å²) in [7, 11) is -2.91. The summed E-state index contributed by atoms with van der Waals surface area (Å²) in [5, 5.41) is 22.5. The van der Waals surface area contributed by atoms with Crippen LogP contribution in [0.4, 0.5) is 10.5 Å². The average molecular weight is 552 g/mol. The van der Waals surface area contributed by atoms with Crippen molar-refractivity contribution < 1.29 is 17.9 Å². The molecule has 2 amide bonds. The molecule has 12 heteroatoms. The number of piperidine rings is 1. The normalized spacial score (nSPS) is 14.2. The molecule has 0 radical (unpaired) electrons. The average Bonchev–Trinajstić information content (AvgIpc) is 2.90. The Morgan fingerprint density at radius 1 is 1.03 bits per heavy atom. The van der Waals surface area contributed by atoms with E-state index < -0.39 is 16.2 Å². The van der Waals surface area contributed by atoms with Crippen molar-refractivity contribution in [2.24, 2.45) is 10.9 Å². The van der Waals surface area contributed by atoms with Gasteiger partial charge >= 0.3 is 16.2 Å². The number of nitrogen functional groups attached to an aromatic ring is 1. The number of hydrogen-bond acceptors (Lipinski definition) is 6. The van der Waals surface area contributed by atoms with E-state index in [0.29, 0.717) is 32.7 Å². The number of urea groups is 1. The Labute approximate surface area is 228 Å². The van der Waals surface area contributed by atoms with Gasteiger partial charge in [-0.2, -0.15) is 8.42 Å². The number of hydrogen-bond donors (Lipinski definition) is 4. The Bertz CT molecular complexity index is 1500. The zero-order valence-electron chi connectivity index (χ0n) is 21.9. The van der Waals surface area contributed by atoms with Crippen LogP contribution in [0.25, 0.3) is 10.8 Å². The third kappa shape index (κ3) is 6.65. The highest BCUT2D eigenvalue weighted by molar-refractivity contribution is 7.87. The number of rotatable bonds is 7. The molecular weight excluding hydrogens is 518 g/mol. The number of amides is 2. The monoisotopic (exact) mass is 551 g/mol. The zero-order chi connectivity index (χ0) is 28.3. The van der Waals surface area contributed by atoms with Crippen LogP contribution < -0.4 is 20.5 Å². The van der Waals surface area contributed by atoms with Crippen LogP contribution in [0.3, 0.4) is 0 Å².